The summed E-state index contributed by atoms with van der Waals surface area (Å²) in [5, 5.41) is 0. The normalized spacial score (nSPS) is 11.5. The molecule has 0 radical (unpaired) electrons. The molecule has 1 aromatic heterocycles. The summed E-state index contributed by atoms with van der Waals surface area (Å²) >= 11 is 0. The highest BCUT2D eigenvalue weighted by Gasteiger charge is 2.17. The Bertz CT molecular complexity index is 990. The number of benzene rings is 2. The molecule has 0 bridgehead atoms. The molecule has 1 N–H and O–H groups in total. The number of hydrogen-bond donors (Lipinski definition) is 1. The van der Waals surface area contributed by atoms with Crippen molar-refractivity contribution in [2.45, 2.75) is 32.1 Å². The monoisotopic (exact) mass is 356 g/mol. The van der Waals surface area contributed by atoms with Crippen molar-refractivity contribution in [2.75, 3.05) is 4.72 Å². The highest BCUT2D eigenvalue weighted by atomic mass is 32.2. The molecule has 0 amide bonds. The second-order valence-electron chi connectivity index (χ2n) is 5.84. The average Bonchev–Trinajstić information content (AvgIpc) is 3.03. The van der Waals surface area contributed by atoms with E-state index in [9.17, 15) is 8.42 Å². The van der Waals surface area contributed by atoms with E-state index >= 15 is 0 Å². The first kappa shape index (κ1) is 17.2. The van der Waals surface area contributed by atoms with E-state index < -0.39 is 10.0 Å². The SMILES string of the molecule is CCc1cccc(C)c1NS(=O)(=O)c1ccc(-c2cnc(C)o2)cc1. The number of aromatic nitrogens is 1. The Morgan fingerprint density at radius 2 is 1.80 bits per heavy atom. The van der Waals surface area contributed by atoms with Crippen LogP contribution in [-0.2, 0) is 16.4 Å². The summed E-state index contributed by atoms with van der Waals surface area (Å²) in [7, 11) is -3.66. The molecule has 0 unspecified atom stereocenters. The van der Waals surface area contributed by atoms with Crippen LogP contribution in [0.3, 0.4) is 0 Å². The van der Waals surface area contributed by atoms with Crippen LogP contribution in [0.2, 0.25) is 0 Å². The maximum Gasteiger partial charge on any atom is 0.261 e. The fourth-order valence-corrected chi connectivity index (χ4v) is 3.83. The minimum atomic E-state index is -3.66. The Balaban J connectivity index is 1.91. The lowest BCUT2D eigenvalue weighted by molar-refractivity contribution is 0.534. The number of anilines is 1. The molecule has 0 saturated carbocycles. The number of oxazole rings is 1. The van der Waals surface area contributed by atoms with E-state index in [2.05, 4.69) is 9.71 Å². The van der Waals surface area contributed by atoms with Gasteiger partial charge in [0, 0.05) is 12.5 Å². The van der Waals surface area contributed by atoms with Crippen LogP contribution < -0.4 is 4.72 Å². The lowest BCUT2D eigenvalue weighted by Gasteiger charge is -2.14. The molecule has 3 rings (SSSR count). The van der Waals surface area contributed by atoms with Gasteiger partial charge in [0.1, 0.15) is 0 Å². The van der Waals surface area contributed by atoms with Crippen molar-refractivity contribution >= 4 is 15.7 Å². The summed E-state index contributed by atoms with van der Waals surface area (Å²) < 4.78 is 33.6. The highest BCUT2D eigenvalue weighted by Crippen LogP contribution is 2.26. The predicted octanol–water partition coefficient (Wildman–Crippen LogP) is 4.32. The fourth-order valence-electron chi connectivity index (χ4n) is 2.66. The Kier molecular flexibility index (Phi) is 4.63. The van der Waals surface area contributed by atoms with Gasteiger partial charge in [0.2, 0.25) is 0 Å². The van der Waals surface area contributed by atoms with E-state index in [1.807, 2.05) is 32.0 Å². The van der Waals surface area contributed by atoms with E-state index in [4.69, 9.17) is 4.42 Å². The third-order valence-electron chi connectivity index (χ3n) is 4.05. The number of rotatable bonds is 5. The van der Waals surface area contributed by atoms with Gasteiger partial charge in [-0.2, -0.15) is 0 Å². The molecular weight excluding hydrogens is 336 g/mol. The Hall–Kier alpha value is -2.60. The maximum atomic E-state index is 12.7. The summed E-state index contributed by atoms with van der Waals surface area (Å²) in [4.78, 5) is 4.26. The Morgan fingerprint density at radius 1 is 1.08 bits per heavy atom. The van der Waals surface area contributed by atoms with Crippen LogP contribution in [0.4, 0.5) is 5.69 Å². The number of hydrogen-bond acceptors (Lipinski definition) is 4. The molecular formula is C19H20N2O3S. The molecule has 1 heterocycles. The fraction of sp³-hybridized carbons (Fsp3) is 0.211. The second-order valence-corrected chi connectivity index (χ2v) is 7.52. The van der Waals surface area contributed by atoms with Crippen molar-refractivity contribution in [1.29, 1.82) is 0 Å². The second kappa shape index (κ2) is 6.72. The van der Waals surface area contributed by atoms with E-state index in [-0.39, 0.29) is 4.90 Å². The number of nitrogens with zero attached hydrogens (tertiary/aromatic N) is 1. The van der Waals surface area contributed by atoms with Crippen LogP contribution >= 0.6 is 0 Å². The molecule has 0 fully saturated rings. The van der Waals surface area contributed by atoms with Crippen molar-refractivity contribution in [1.82, 2.24) is 4.98 Å². The van der Waals surface area contributed by atoms with Crippen molar-refractivity contribution in [3.8, 4) is 11.3 Å². The van der Waals surface area contributed by atoms with Gasteiger partial charge in [-0.3, -0.25) is 4.72 Å². The number of aryl methyl sites for hydroxylation is 3. The van der Waals surface area contributed by atoms with Gasteiger partial charge in [-0.25, -0.2) is 13.4 Å². The first-order chi connectivity index (χ1) is 11.9. The number of para-hydroxylation sites is 1. The lowest BCUT2D eigenvalue weighted by atomic mass is 10.1. The van der Waals surface area contributed by atoms with E-state index in [0.29, 0.717) is 17.3 Å². The Morgan fingerprint density at radius 3 is 2.40 bits per heavy atom. The van der Waals surface area contributed by atoms with Crippen LogP contribution in [0.1, 0.15) is 23.9 Å². The van der Waals surface area contributed by atoms with Gasteiger partial charge in [-0.05, 0) is 48.7 Å². The quantitative estimate of drug-likeness (QED) is 0.739. The van der Waals surface area contributed by atoms with Crippen LogP contribution in [0.5, 0.6) is 0 Å². The average molecular weight is 356 g/mol. The molecule has 2 aromatic carbocycles. The van der Waals surface area contributed by atoms with Gasteiger partial charge in [-0.1, -0.05) is 25.1 Å². The van der Waals surface area contributed by atoms with Crippen LogP contribution in [0.15, 0.2) is 58.0 Å². The van der Waals surface area contributed by atoms with Crippen LogP contribution in [-0.4, -0.2) is 13.4 Å². The lowest BCUT2D eigenvalue weighted by Crippen LogP contribution is -2.15. The molecule has 3 aromatic rings. The molecule has 25 heavy (non-hydrogen) atoms. The third-order valence-corrected chi connectivity index (χ3v) is 5.41. The van der Waals surface area contributed by atoms with Gasteiger partial charge in [-0.15, -0.1) is 0 Å². The predicted molar refractivity (Wildman–Crippen MR) is 98.0 cm³/mol. The highest BCUT2D eigenvalue weighted by molar-refractivity contribution is 7.92. The summed E-state index contributed by atoms with van der Waals surface area (Å²) in [6, 6.07) is 12.3. The third kappa shape index (κ3) is 3.58. The summed E-state index contributed by atoms with van der Waals surface area (Å²) in [5.74, 6) is 1.18. The molecule has 130 valence electrons. The molecule has 0 aliphatic carbocycles. The van der Waals surface area contributed by atoms with Crippen molar-refractivity contribution < 1.29 is 12.8 Å². The molecule has 6 heteroatoms. The Labute approximate surface area is 147 Å². The molecule has 5 nitrogen and oxygen atoms in total. The minimum absolute atomic E-state index is 0.206. The topological polar surface area (TPSA) is 72.2 Å². The standard InChI is InChI=1S/C19H20N2O3S/c1-4-15-7-5-6-13(2)19(15)21-25(22,23)17-10-8-16(9-11-17)18-12-20-14(3)24-18/h5-12,21H,4H2,1-3H3. The summed E-state index contributed by atoms with van der Waals surface area (Å²) in [5.41, 5.74) is 3.30. The van der Waals surface area contributed by atoms with Crippen molar-refractivity contribution in [2.24, 2.45) is 0 Å². The van der Waals surface area contributed by atoms with Gasteiger partial charge in [0.25, 0.3) is 10.0 Å². The van der Waals surface area contributed by atoms with Crippen molar-refractivity contribution in [3.63, 3.8) is 0 Å². The van der Waals surface area contributed by atoms with Crippen LogP contribution in [0.25, 0.3) is 11.3 Å². The summed E-state index contributed by atoms with van der Waals surface area (Å²) in [6.07, 6.45) is 2.38. The maximum absolute atomic E-state index is 12.7. The van der Waals surface area contributed by atoms with E-state index in [0.717, 1.165) is 23.1 Å². The number of sulfonamides is 1. The van der Waals surface area contributed by atoms with E-state index in [1.54, 1.807) is 37.4 Å². The van der Waals surface area contributed by atoms with Gasteiger partial charge >= 0.3 is 0 Å². The zero-order valence-corrected chi connectivity index (χ0v) is 15.2. The molecule has 0 aliphatic rings. The van der Waals surface area contributed by atoms with E-state index in [1.165, 1.54) is 0 Å². The van der Waals surface area contributed by atoms with Gasteiger partial charge in [0.15, 0.2) is 11.7 Å². The van der Waals surface area contributed by atoms with Crippen LogP contribution in [0, 0.1) is 13.8 Å². The molecule has 0 saturated heterocycles. The molecule has 0 atom stereocenters. The first-order valence-electron chi connectivity index (χ1n) is 8.05. The van der Waals surface area contributed by atoms with Gasteiger partial charge in [0.05, 0.1) is 16.8 Å². The molecule has 0 aliphatic heterocycles. The van der Waals surface area contributed by atoms with Gasteiger partial charge < -0.3 is 4.42 Å². The summed E-state index contributed by atoms with van der Waals surface area (Å²) in [6.45, 7) is 5.66. The zero-order valence-electron chi connectivity index (χ0n) is 14.4. The zero-order chi connectivity index (χ0) is 18.0. The first-order valence-corrected chi connectivity index (χ1v) is 9.53. The number of nitrogens with one attached hydrogen (secondary N) is 1. The molecule has 0 spiro atoms. The minimum Gasteiger partial charge on any atom is -0.441 e. The largest absolute Gasteiger partial charge is 0.441 e. The van der Waals surface area contributed by atoms with Crippen molar-refractivity contribution in [3.05, 3.63) is 65.7 Å². The smallest absolute Gasteiger partial charge is 0.261 e.